The largest absolute Gasteiger partial charge is 0.505 e. The molecule has 0 aliphatic rings. The zero-order valence-corrected chi connectivity index (χ0v) is 14.4. The number of hydrogen-bond donors (Lipinski definition) is 2. The Morgan fingerprint density at radius 3 is 2.42 bits per heavy atom. The van der Waals surface area contributed by atoms with E-state index in [9.17, 15) is 5.11 Å². The van der Waals surface area contributed by atoms with Gasteiger partial charge in [0.2, 0.25) is 0 Å². The van der Waals surface area contributed by atoms with Crippen molar-refractivity contribution in [3.05, 3.63) is 95.8 Å². The van der Waals surface area contributed by atoms with Gasteiger partial charge in [0.1, 0.15) is 17.1 Å². The standard InChI is InChI=1S/C22H19N3O/c1-15-7-9-17(10-8-15)20(25-19-6-2-3-13-23-19)18-12-11-16-5-4-14-24-21(16)22(18)26/h2-14,20,26H,1H3,(H,23,25)/t20-/m1/s1. The number of phenolic OH excluding ortho intramolecular Hbond substituents is 1. The summed E-state index contributed by atoms with van der Waals surface area (Å²) in [7, 11) is 0. The van der Waals surface area contributed by atoms with Crippen LogP contribution >= 0.6 is 0 Å². The molecule has 4 rings (SSSR count). The molecular formula is C22H19N3O. The molecule has 0 aliphatic heterocycles. The molecule has 4 heteroatoms. The topological polar surface area (TPSA) is 58.0 Å². The lowest BCUT2D eigenvalue weighted by atomic mass is 9.95. The summed E-state index contributed by atoms with van der Waals surface area (Å²) in [6.45, 7) is 2.06. The lowest BCUT2D eigenvalue weighted by Gasteiger charge is -2.22. The first-order valence-corrected chi connectivity index (χ1v) is 8.53. The number of aromatic hydroxyl groups is 1. The monoisotopic (exact) mass is 341 g/mol. The van der Waals surface area contributed by atoms with Crippen LogP contribution in [0.3, 0.4) is 0 Å². The molecule has 26 heavy (non-hydrogen) atoms. The van der Waals surface area contributed by atoms with Crippen molar-refractivity contribution in [3.63, 3.8) is 0 Å². The molecule has 0 unspecified atom stereocenters. The Bertz CT molecular complexity index is 1030. The maximum atomic E-state index is 10.9. The van der Waals surface area contributed by atoms with Gasteiger partial charge in [0, 0.05) is 23.3 Å². The summed E-state index contributed by atoms with van der Waals surface area (Å²) in [5.41, 5.74) is 3.61. The molecule has 128 valence electrons. The molecule has 0 bridgehead atoms. The third kappa shape index (κ3) is 3.09. The molecule has 2 heterocycles. The van der Waals surface area contributed by atoms with Crippen molar-refractivity contribution in [2.24, 2.45) is 0 Å². The van der Waals surface area contributed by atoms with Gasteiger partial charge in [0.25, 0.3) is 0 Å². The minimum absolute atomic E-state index is 0.192. The number of benzene rings is 2. The molecule has 4 aromatic rings. The average Bonchev–Trinajstić information content (AvgIpc) is 2.69. The molecular weight excluding hydrogens is 322 g/mol. The predicted molar refractivity (Wildman–Crippen MR) is 104 cm³/mol. The summed E-state index contributed by atoms with van der Waals surface area (Å²) >= 11 is 0. The van der Waals surface area contributed by atoms with Crippen LogP contribution in [0.25, 0.3) is 10.9 Å². The fourth-order valence-corrected chi connectivity index (χ4v) is 3.07. The van der Waals surface area contributed by atoms with E-state index < -0.39 is 0 Å². The number of aryl methyl sites for hydroxylation is 1. The Hall–Kier alpha value is -3.40. The van der Waals surface area contributed by atoms with Gasteiger partial charge < -0.3 is 10.4 Å². The van der Waals surface area contributed by atoms with Crippen molar-refractivity contribution in [1.82, 2.24) is 9.97 Å². The van der Waals surface area contributed by atoms with Gasteiger partial charge in [-0.05, 0) is 30.7 Å². The fourth-order valence-electron chi connectivity index (χ4n) is 3.07. The van der Waals surface area contributed by atoms with Crippen molar-refractivity contribution in [1.29, 1.82) is 0 Å². The van der Waals surface area contributed by atoms with Crippen molar-refractivity contribution in [2.75, 3.05) is 5.32 Å². The first-order chi connectivity index (χ1) is 12.7. The number of hydrogen-bond acceptors (Lipinski definition) is 4. The summed E-state index contributed by atoms with van der Waals surface area (Å²) in [5, 5.41) is 15.2. The molecule has 4 nitrogen and oxygen atoms in total. The van der Waals surface area contributed by atoms with Crippen LogP contribution in [-0.4, -0.2) is 15.1 Å². The lowest BCUT2D eigenvalue weighted by Crippen LogP contribution is -2.13. The van der Waals surface area contributed by atoms with E-state index in [-0.39, 0.29) is 11.8 Å². The number of nitrogens with one attached hydrogen (secondary N) is 1. The second-order valence-corrected chi connectivity index (χ2v) is 6.28. The normalized spacial score (nSPS) is 12.0. The molecule has 0 aliphatic carbocycles. The average molecular weight is 341 g/mol. The summed E-state index contributed by atoms with van der Waals surface area (Å²) < 4.78 is 0. The molecule has 0 fully saturated rings. The van der Waals surface area contributed by atoms with Crippen LogP contribution < -0.4 is 5.32 Å². The Morgan fingerprint density at radius 2 is 1.65 bits per heavy atom. The molecule has 0 saturated heterocycles. The minimum atomic E-state index is -0.239. The second kappa shape index (κ2) is 6.84. The summed E-state index contributed by atoms with van der Waals surface area (Å²) in [4.78, 5) is 8.72. The van der Waals surface area contributed by atoms with Gasteiger partial charge in [-0.3, -0.25) is 4.98 Å². The predicted octanol–water partition coefficient (Wildman–Crippen LogP) is 4.85. The van der Waals surface area contributed by atoms with Gasteiger partial charge in [0.15, 0.2) is 0 Å². The Labute approximate surface area is 152 Å². The minimum Gasteiger partial charge on any atom is -0.505 e. The molecule has 2 aromatic heterocycles. The van der Waals surface area contributed by atoms with Gasteiger partial charge in [-0.1, -0.05) is 54.1 Å². The van der Waals surface area contributed by atoms with Crippen LogP contribution in [0.1, 0.15) is 22.7 Å². The highest BCUT2D eigenvalue weighted by Crippen LogP contribution is 2.36. The van der Waals surface area contributed by atoms with Crippen molar-refractivity contribution >= 4 is 16.7 Å². The zero-order chi connectivity index (χ0) is 17.9. The first kappa shape index (κ1) is 16.1. The highest BCUT2D eigenvalue weighted by Gasteiger charge is 2.20. The maximum Gasteiger partial charge on any atom is 0.147 e. The molecule has 2 aromatic carbocycles. The van der Waals surface area contributed by atoms with Gasteiger partial charge in [0.05, 0.1) is 6.04 Å². The Balaban J connectivity index is 1.84. The zero-order valence-electron chi connectivity index (χ0n) is 14.4. The summed E-state index contributed by atoms with van der Waals surface area (Å²) in [5.74, 6) is 0.940. The van der Waals surface area contributed by atoms with Crippen molar-refractivity contribution in [2.45, 2.75) is 13.0 Å². The molecule has 0 saturated carbocycles. The van der Waals surface area contributed by atoms with Gasteiger partial charge in [-0.15, -0.1) is 0 Å². The number of nitrogens with zero attached hydrogens (tertiary/aromatic N) is 2. The van der Waals surface area contributed by atoms with E-state index in [1.165, 1.54) is 5.56 Å². The van der Waals surface area contributed by atoms with E-state index in [0.29, 0.717) is 5.52 Å². The van der Waals surface area contributed by atoms with Crippen LogP contribution in [0.4, 0.5) is 5.82 Å². The van der Waals surface area contributed by atoms with E-state index in [0.717, 1.165) is 22.3 Å². The van der Waals surface area contributed by atoms with Crippen LogP contribution in [-0.2, 0) is 0 Å². The third-order valence-electron chi connectivity index (χ3n) is 4.46. The molecule has 2 N–H and O–H groups in total. The number of phenols is 1. The summed E-state index contributed by atoms with van der Waals surface area (Å²) in [6, 6.07) is 21.5. The van der Waals surface area contributed by atoms with Crippen LogP contribution in [0.15, 0.2) is 79.1 Å². The van der Waals surface area contributed by atoms with Crippen molar-refractivity contribution < 1.29 is 5.11 Å². The number of rotatable bonds is 4. The smallest absolute Gasteiger partial charge is 0.147 e. The highest BCUT2D eigenvalue weighted by molar-refractivity contribution is 5.86. The molecule has 0 radical (unpaired) electrons. The summed E-state index contributed by atoms with van der Waals surface area (Å²) in [6.07, 6.45) is 3.44. The van der Waals surface area contributed by atoms with E-state index in [2.05, 4.69) is 46.5 Å². The fraction of sp³-hybridized carbons (Fsp3) is 0.0909. The highest BCUT2D eigenvalue weighted by atomic mass is 16.3. The Kier molecular flexibility index (Phi) is 4.23. The van der Waals surface area contributed by atoms with Crippen LogP contribution in [0.2, 0.25) is 0 Å². The molecule has 0 spiro atoms. The first-order valence-electron chi connectivity index (χ1n) is 8.53. The van der Waals surface area contributed by atoms with E-state index in [1.807, 2.05) is 42.5 Å². The quantitative estimate of drug-likeness (QED) is 0.557. The van der Waals surface area contributed by atoms with Crippen LogP contribution in [0.5, 0.6) is 5.75 Å². The maximum absolute atomic E-state index is 10.9. The van der Waals surface area contributed by atoms with Crippen molar-refractivity contribution in [3.8, 4) is 5.75 Å². The number of aromatic nitrogens is 2. The number of pyridine rings is 2. The second-order valence-electron chi connectivity index (χ2n) is 6.28. The number of anilines is 1. The van der Waals surface area contributed by atoms with Gasteiger partial charge in [-0.2, -0.15) is 0 Å². The number of fused-ring (bicyclic) bond motifs is 1. The lowest BCUT2D eigenvalue weighted by molar-refractivity contribution is 0.471. The molecule has 1 atom stereocenters. The van der Waals surface area contributed by atoms with E-state index in [4.69, 9.17) is 0 Å². The third-order valence-corrected chi connectivity index (χ3v) is 4.46. The van der Waals surface area contributed by atoms with Gasteiger partial charge in [-0.25, -0.2) is 4.98 Å². The van der Waals surface area contributed by atoms with Gasteiger partial charge >= 0.3 is 0 Å². The Morgan fingerprint density at radius 1 is 0.846 bits per heavy atom. The SMILES string of the molecule is Cc1ccc([C@@H](Nc2ccccn2)c2ccc3cccnc3c2O)cc1. The molecule has 0 amide bonds. The van der Waals surface area contributed by atoms with Crippen LogP contribution in [0, 0.1) is 6.92 Å². The van der Waals surface area contributed by atoms with E-state index in [1.54, 1.807) is 12.4 Å². The van der Waals surface area contributed by atoms with E-state index >= 15 is 0 Å².